The molecular formula is C10H6O4. The van der Waals surface area contributed by atoms with Gasteiger partial charge in [-0.3, -0.25) is 19.2 Å². The lowest BCUT2D eigenvalue weighted by Crippen LogP contribution is -2.04. The number of benzene rings is 1. The van der Waals surface area contributed by atoms with Gasteiger partial charge in [0.15, 0.2) is 12.6 Å². The second-order valence-electron chi connectivity index (χ2n) is 2.55. The maximum Gasteiger partial charge on any atom is 0.225 e. The Labute approximate surface area is 79.5 Å². The summed E-state index contributed by atoms with van der Waals surface area (Å²) < 4.78 is 0. The third-order valence-electron chi connectivity index (χ3n) is 1.65. The SMILES string of the molecule is O=CC(=O)c1cccc(C(=O)C=O)c1. The van der Waals surface area contributed by atoms with E-state index in [1.54, 1.807) is 0 Å². The highest BCUT2D eigenvalue weighted by Crippen LogP contribution is 2.05. The third kappa shape index (κ3) is 1.98. The van der Waals surface area contributed by atoms with Crippen molar-refractivity contribution in [2.45, 2.75) is 0 Å². The molecule has 0 spiro atoms. The van der Waals surface area contributed by atoms with Crippen LogP contribution in [0.5, 0.6) is 0 Å². The maximum absolute atomic E-state index is 10.9. The fourth-order valence-electron chi connectivity index (χ4n) is 0.962. The van der Waals surface area contributed by atoms with Crippen LogP contribution in [0.2, 0.25) is 0 Å². The maximum atomic E-state index is 10.9. The van der Waals surface area contributed by atoms with Crippen LogP contribution in [-0.2, 0) is 9.59 Å². The normalized spacial score (nSPS) is 9.14. The van der Waals surface area contributed by atoms with Crippen LogP contribution in [0.1, 0.15) is 20.7 Å². The number of hydrogen-bond acceptors (Lipinski definition) is 4. The molecule has 0 radical (unpaired) electrons. The Bertz CT molecular complexity index is 371. The molecule has 0 N–H and O–H groups in total. The Morgan fingerprint density at radius 1 is 0.929 bits per heavy atom. The van der Waals surface area contributed by atoms with E-state index in [9.17, 15) is 19.2 Å². The van der Waals surface area contributed by atoms with E-state index in [2.05, 4.69) is 0 Å². The highest BCUT2D eigenvalue weighted by atomic mass is 16.2. The van der Waals surface area contributed by atoms with Gasteiger partial charge in [-0.2, -0.15) is 0 Å². The molecule has 0 heterocycles. The first-order chi connectivity index (χ1) is 6.69. The van der Waals surface area contributed by atoms with E-state index >= 15 is 0 Å². The highest BCUT2D eigenvalue weighted by Gasteiger charge is 2.08. The summed E-state index contributed by atoms with van der Waals surface area (Å²) in [6.07, 6.45) is 0.314. The molecule has 0 fully saturated rings. The molecule has 0 bridgehead atoms. The summed E-state index contributed by atoms with van der Waals surface area (Å²) in [6, 6.07) is 5.46. The molecule has 0 aliphatic carbocycles. The molecule has 0 aliphatic rings. The zero-order valence-corrected chi connectivity index (χ0v) is 7.10. The van der Waals surface area contributed by atoms with E-state index in [1.807, 2.05) is 0 Å². The van der Waals surface area contributed by atoms with Gasteiger partial charge in [-0.15, -0.1) is 0 Å². The quantitative estimate of drug-likeness (QED) is 0.392. The van der Waals surface area contributed by atoms with E-state index in [4.69, 9.17) is 0 Å². The Balaban J connectivity index is 3.12. The summed E-state index contributed by atoms with van der Waals surface area (Å²) in [4.78, 5) is 42.1. The van der Waals surface area contributed by atoms with Crippen LogP contribution in [0, 0.1) is 0 Å². The van der Waals surface area contributed by atoms with E-state index in [-0.39, 0.29) is 23.7 Å². The van der Waals surface area contributed by atoms with Crippen molar-refractivity contribution in [2.75, 3.05) is 0 Å². The van der Waals surface area contributed by atoms with Gasteiger partial charge in [0.1, 0.15) is 0 Å². The number of ketones is 2. The Hall–Kier alpha value is -2.10. The topological polar surface area (TPSA) is 68.3 Å². The molecule has 14 heavy (non-hydrogen) atoms. The van der Waals surface area contributed by atoms with Gasteiger partial charge in [0.2, 0.25) is 11.6 Å². The molecule has 0 atom stereocenters. The van der Waals surface area contributed by atoms with Crippen molar-refractivity contribution < 1.29 is 19.2 Å². The van der Waals surface area contributed by atoms with Crippen molar-refractivity contribution in [1.29, 1.82) is 0 Å². The molecule has 1 rings (SSSR count). The molecule has 70 valence electrons. The Morgan fingerprint density at radius 2 is 1.36 bits per heavy atom. The van der Waals surface area contributed by atoms with E-state index < -0.39 is 11.6 Å². The number of carbonyl (C=O) groups excluding carboxylic acids is 4. The standard InChI is InChI=1S/C10H6O4/c11-5-9(13)7-2-1-3-8(4-7)10(14)6-12/h1-6H. The minimum absolute atomic E-state index is 0.104. The predicted molar refractivity (Wildman–Crippen MR) is 47.2 cm³/mol. The number of Topliss-reactive ketones (excluding diaryl/α,β-unsaturated/α-hetero) is 2. The summed E-state index contributed by atoms with van der Waals surface area (Å²) >= 11 is 0. The summed E-state index contributed by atoms with van der Waals surface area (Å²) in [5, 5.41) is 0. The van der Waals surface area contributed by atoms with Crippen LogP contribution in [0.3, 0.4) is 0 Å². The molecule has 1 aromatic rings. The molecule has 4 heteroatoms. The fourth-order valence-corrected chi connectivity index (χ4v) is 0.962. The zero-order chi connectivity index (χ0) is 10.6. The molecule has 1 aromatic carbocycles. The van der Waals surface area contributed by atoms with Gasteiger partial charge in [-0.25, -0.2) is 0 Å². The van der Waals surface area contributed by atoms with E-state index in [1.165, 1.54) is 24.3 Å². The number of aldehydes is 2. The van der Waals surface area contributed by atoms with E-state index in [0.717, 1.165) is 0 Å². The van der Waals surface area contributed by atoms with Gasteiger partial charge < -0.3 is 0 Å². The van der Waals surface area contributed by atoms with Crippen LogP contribution in [0.15, 0.2) is 24.3 Å². The zero-order valence-electron chi connectivity index (χ0n) is 7.10. The number of hydrogen-bond donors (Lipinski definition) is 0. The summed E-state index contributed by atoms with van der Waals surface area (Å²) in [6.45, 7) is 0. The average Bonchev–Trinajstić information content (AvgIpc) is 2.27. The number of rotatable bonds is 4. The van der Waals surface area contributed by atoms with Crippen molar-refractivity contribution in [2.24, 2.45) is 0 Å². The smallest absolute Gasteiger partial charge is 0.225 e. The molecular weight excluding hydrogens is 184 g/mol. The molecule has 0 saturated carbocycles. The largest absolute Gasteiger partial charge is 0.294 e. The van der Waals surface area contributed by atoms with Crippen LogP contribution in [0.4, 0.5) is 0 Å². The van der Waals surface area contributed by atoms with Gasteiger partial charge in [0.05, 0.1) is 0 Å². The highest BCUT2D eigenvalue weighted by molar-refractivity contribution is 6.35. The minimum Gasteiger partial charge on any atom is -0.294 e. The molecule has 0 amide bonds. The molecule has 0 saturated heterocycles. The second-order valence-corrected chi connectivity index (χ2v) is 2.55. The minimum atomic E-state index is -0.717. The fraction of sp³-hybridized carbons (Fsp3) is 0. The average molecular weight is 190 g/mol. The van der Waals surface area contributed by atoms with Crippen molar-refractivity contribution in [3.05, 3.63) is 35.4 Å². The summed E-state index contributed by atoms with van der Waals surface area (Å²) in [5.74, 6) is -1.43. The van der Waals surface area contributed by atoms with Gasteiger partial charge in [0, 0.05) is 11.1 Å². The van der Waals surface area contributed by atoms with E-state index in [0.29, 0.717) is 0 Å². The summed E-state index contributed by atoms with van der Waals surface area (Å²) in [5.41, 5.74) is 0.209. The lowest BCUT2D eigenvalue weighted by Gasteiger charge is -1.96. The van der Waals surface area contributed by atoms with Crippen LogP contribution in [0.25, 0.3) is 0 Å². The van der Waals surface area contributed by atoms with Crippen LogP contribution >= 0.6 is 0 Å². The van der Waals surface area contributed by atoms with Gasteiger partial charge in [-0.05, 0) is 6.07 Å². The first-order valence-electron chi connectivity index (χ1n) is 3.78. The predicted octanol–water partition coefficient (Wildman–Crippen LogP) is 0.450. The Kier molecular flexibility index (Phi) is 3.01. The lowest BCUT2D eigenvalue weighted by atomic mass is 10.1. The van der Waals surface area contributed by atoms with Crippen molar-refractivity contribution in [3.63, 3.8) is 0 Å². The second kappa shape index (κ2) is 4.23. The molecule has 4 nitrogen and oxygen atoms in total. The third-order valence-corrected chi connectivity index (χ3v) is 1.65. The molecule has 0 unspecified atom stereocenters. The number of carbonyl (C=O) groups is 4. The van der Waals surface area contributed by atoms with Crippen LogP contribution < -0.4 is 0 Å². The van der Waals surface area contributed by atoms with Crippen molar-refractivity contribution in [3.8, 4) is 0 Å². The van der Waals surface area contributed by atoms with Gasteiger partial charge in [0.25, 0.3) is 0 Å². The molecule has 0 aliphatic heterocycles. The molecule has 0 aromatic heterocycles. The lowest BCUT2D eigenvalue weighted by molar-refractivity contribution is -0.105. The first-order valence-corrected chi connectivity index (χ1v) is 3.78. The first kappa shape index (κ1) is 9.98. The monoisotopic (exact) mass is 190 g/mol. The van der Waals surface area contributed by atoms with Crippen molar-refractivity contribution >= 4 is 24.1 Å². The van der Waals surface area contributed by atoms with Crippen molar-refractivity contribution in [1.82, 2.24) is 0 Å². The Morgan fingerprint density at radius 3 is 1.71 bits per heavy atom. The van der Waals surface area contributed by atoms with Gasteiger partial charge >= 0.3 is 0 Å². The summed E-state index contributed by atoms with van der Waals surface area (Å²) in [7, 11) is 0. The van der Waals surface area contributed by atoms with Gasteiger partial charge in [-0.1, -0.05) is 18.2 Å². The van der Waals surface area contributed by atoms with Crippen LogP contribution in [-0.4, -0.2) is 24.1 Å².